The van der Waals surface area contributed by atoms with Gasteiger partial charge in [-0.3, -0.25) is 9.80 Å². The van der Waals surface area contributed by atoms with Crippen LogP contribution in [0.3, 0.4) is 0 Å². The Kier molecular flexibility index (Phi) is 6.81. The van der Waals surface area contributed by atoms with E-state index in [1.165, 1.54) is 22.4 Å². The summed E-state index contributed by atoms with van der Waals surface area (Å²) < 4.78 is 15.7. The van der Waals surface area contributed by atoms with E-state index in [4.69, 9.17) is 0 Å². The van der Waals surface area contributed by atoms with Crippen LogP contribution in [0.25, 0.3) is 0 Å². The fraction of sp³-hybridized carbons (Fsp3) is 0.312. The maximum absolute atomic E-state index is 13.4. The van der Waals surface area contributed by atoms with Crippen LogP contribution in [0.2, 0.25) is 0 Å². The van der Waals surface area contributed by atoms with Crippen LogP contribution in [-0.4, -0.2) is 47.1 Å². The van der Waals surface area contributed by atoms with Crippen LogP contribution in [0.1, 0.15) is 34.3 Å². The van der Waals surface area contributed by atoms with Gasteiger partial charge in [0.05, 0.1) is 6.04 Å². The van der Waals surface area contributed by atoms with Crippen molar-refractivity contribution in [3.05, 3.63) is 125 Å². The van der Waals surface area contributed by atoms with E-state index in [-0.39, 0.29) is 5.82 Å². The molecule has 4 aromatic rings. The average molecular weight is 495 g/mol. The molecule has 2 aliphatic rings. The molecule has 0 spiro atoms. The lowest BCUT2D eigenvalue weighted by molar-refractivity contribution is 0.106. The second-order valence-electron chi connectivity index (χ2n) is 10.4. The number of anilines is 1. The fourth-order valence-electron chi connectivity index (χ4n) is 6.25. The standard InChI is InChI=1S/C32H35FN4/c1-34-17-7-12-31(34)32-30(24-35-18-20-36(21-19-35)28-15-13-27(33)14-16-28)29-11-6-5-10-26(29)23-37(32)22-25-8-3-2-4-9-25/h2-17,30,32H,18-24H2,1H3. The van der Waals surface area contributed by atoms with Crippen molar-refractivity contribution in [3.8, 4) is 0 Å². The van der Waals surface area contributed by atoms with Crippen LogP contribution in [0, 0.1) is 5.82 Å². The summed E-state index contributed by atoms with van der Waals surface area (Å²) in [4.78, 5) is 7.68. The second kappa shape index (κ2) is 10.5. The number of rotatable bonds is 6. The van der Waals surface area contributed by atoms with E-state index in [1.54, 1.807) is 12.1 Å². The van der Waals surface area contributed by atoms with Gasteiger partial charge in [-0.15, -0.1) is 0 Å². The van der Waals surface area contributed by atoms with Crippen molar-refractivity contribution in [2.75, 3.05) is 37.6 Å². The summed E-state index contributed by atoms with van der Waals surface area (Å²) in [5, 5.41) is 0. The molecule has 4 nitrogen and oxygen atoms in total. The van der Waals surface area contributed by atoms with E-state index in [2.05, 4.69) is 99.2 Å². The van der Waals surface area contributed by atoms with Gasteiger partial charge in [0.25, 0.3) is 0 Å². The minimum atomic E-state index is -0.176. The summed E-state index contributed by atoms with van der Waals surface area (Å²) >= 11 is 0. The number of halogens is 1. The molecule has 2 unspecified atom stereocenters. The first-order valence-electron chi connectivity index (χ1n) is 13.4. The van der Waals surface area contributed by atoms with Crippen LogP contribution in [0.5, 0.6) is 0 Å². The van der Waals surface area contributed by atoms with Crippen LogP contribution < -0.4 is 4.90 Å². The van der Waals surface area contributed by atoms with E-state index >= 15 is 0 Å². The molecule has 37 heavy (non-hydrogen) atoms. The molecule has 0 N–H and O–H groups in total. The molecule has 3 aromatic carbocycles. The van der Waals surface area contributed by atoms with Crippen molar-refractivity contribution in [2.45, 2.75) is 25.0 Å². The van der Waals surface area contributed by atoms with Crippen molar-refractivity contribution in [1.29, 1.82) is 0 Å². The molecule has 2 atom stereocenters. The van der Waals surface area contributed by atoms with E-state index in [0.717, 1.165) is 51.5 Å². The molecule has 3 heterocycles. The van der Waals surface area contributed by atoms with Gasteiger partial charge in [0.2, 0.25) is 0 Å². The molecule has 190 valence electrons. The van der Waals surface area contributed by atoms with Crippen molar-refractivity contribution < 1.29 is 4.39 Å². The van der Waals surface area contributed by atoms with Gasteiger partial charge in [0.15, 0.2) is 0 Å². The van der Waals surface area contributed by atoms with Crippen LogP contribution >= 0.6 is 0 Å². The number of nitrogens with zero attached hydrogens (tertiary/aromatic N) is 4. The molecule has 6 rings (SSSR count). The third kappa shape index (κ3) is 5.07. The van der Waals surface area contributed by atoms with Gasteiger partial charge in [0, 0.05) is 76.4 Å². The van der Waals surface area contributed by atoms with Gasteiger partial charge >= 0.3 is 0 Å². The molecule has 0 aliphatic carbocycles. The largest absolute Gasteiger partial charge is 0.369 e. The zero-order valence-corrected chi connectivity index (χ0v) is 21.5. The van der Waals surface area contributed by atoms with E-state index < -0.39 is 0 Å². The number of fused-ring (bicyclic) bond motifs is 1. The van der Waals surface area contributed by atoms with E-state index in [0.29, 0.717) is 12.0 Å². The smallest absolute Gasteiger partial charge is 0.123 e. The molecular weight excluding hydrogens is 459 g/mol. The first kappa shape index (κ1) is 24.0. The maximum atomic E-state index is 13.4. The number of aromatic nitrogens is 1. The summed E-state index contributed by atoms with van der Waals surface area (Å²) in [5.74, 6) is 0.199. The molecule has 0 amide bonds. The predicted octanol–water partition coefficient (Wildman–Crippen LogP) is 5.83. The maximum Gasteiger partial charge on any atom is 0.123 e. The predicted molar refractivity (Wildman–Crippen MR) is 148 cm³/mol. The van der Waals surface area contributed by atoms with Gasteiger partial charge in [-0.25, -0.2) is 4.39 Å². The Morgan fingerprint density at radius 2 is 1.51 bits per heavy atom. The van der Waals surface area contributed by atoms with Gasteiger partial charge in [-0.1, -0.05) is 54.6 Å². The highest BCUT2D eigenvalue weighted by atomic mass is 19.1. The Labute approximate surface area is 219 Å². The summed E-state index contributed by atoms with van der Waals surface area (Å²) in [6.45, 7) is 6.85. The highest BCUT2D eigenvalue weighted by Crippen LogP contribution is 2.44. The number of benzene rings is 3. The molecule has 0 radical (unpaired) electrons. The molecule has 0 saturated carbocycles. The Balaban J connectivity index is 1.28. The number of aryl methyl sites for hydroxylation is 1. The number of hydrogen-bond donors (Lipinski definition) is 0. The van der Waals surface area contributed by atoms with Crippen molar-refractivity contribution >= 4 is 5.69 Å². The first-order chi connectivity index (χ1) is 18.2. The lowest BCUT2D eigenvalue weighted by atomic mass is 9.81. The third-order valence-corrected chi connectivity index (χ3v) is 8.14. The van der Waals surface area contributed by atoms with Crippen LogP contribution in [-0.2, 0) is 20.1 Å². The summed E-state index contributed by atoms with van der Waals surface area (Å²) in [6.07, 6.45) is 2.18. The topological polar surface area (TPSA) is 14.7 Å². The molecule has 1 aromatic heterocycles. The van der Waals surface area contributed by atoms with Crippen LogP contribution in [0.4, 0.5) is 10.1 Å². The molecule has 1 fully saturated rings. The van der Waals surface area contributed by atoms with Gasteiger partial charge in [-0.05, 0) is 53.1 Å². The quantitative estimate of drug-likeness (QED) is 0.335. The molecule has 1 saturated heterocycles. The highest BCUT2D eigenvalue weighted by molar-refractivity contribution is 5.46. The Hall–Kier alpha value is -3.41. The van der Waals surface area contributed by atoms with Crippen molar-refractivity contribution in [3.63, 3.8) is 0 Å². The van der Waals surface area contributed by atoms with E-state index in [9.17, 15) is 4.39 Å². The summed E-state index contributed by atoms with van der Waals surface area (Å²) in [7, 11) is 2.18. The lowest BCUT2D eigenvalue weighted by Crippen LogP contribution is -2.49. The zero-order valence-electron chi connectivity index (χ0n) is 21.5. The third-order valence-electron chi connectivity index (χ3n) is 8.14. The molecule has 0 bridgehead atoms. The first-order valence-corrected chi connectivity index (χ1v) is 13.4. The zero-order chi connectivity index (χ0) is 25.2. The summed E-state index contributed by atoms with van der Waals surface area (Å²) in [5.41, 5.74) is 6.77. The van der Waals surface area contributed by atoms with Crippen LogP contribution in [0.15, 0.2) is 97.2 Å². The Morgan fingerprint density at radius 1 is 0.784 bits per heavy atom. The second-order valence-corrected chi connectivity index (χ2v) is 10.4. The van der Waals surface area contributed by atoms with Crippen molar-refractivity contribution in [2.24, 2.45) is 7.05 Å². The highest BCUT2D eigenvalue weighted by Gasteiger charge is 2.38. The normalized spacial score (nSPS) is 20.6. The number of hydrogen-bond acceptors (Lipinski definition) is 3. The lowest BCUT2D eigenvalue weighted by Gasteiger charge is -2.46. The molecular formula is C32H35FN4. The number of piperazine rings is 1. The van der Waals surface area contributed by atoms with E-state index in [1.807, 2.05) is 12.1 Å². The average Bonchev–Trinajstić information content (AvgIpc) is 3.35. The van der Waals surface area contributed by atoms with Gasteiger partial charge in [0.1, 0.15) is 5.82 Å². The van der Waals surface area contributed by atoms with Crippen molar-refractivity contribution in [1.82, 2.24) is 14.4 Å². The minimum absolute atomic E-state index is 0.176. The Morgan fingerprint density at radius 3 is 2.24 bits per heavy atom. The Bertz CT molecular complexity index is 1310. The minimum Gasteiger partial charge on any atom is -0.369 e. The van der Waals surface area contributed by atoms with Gasteiger partial charge in [-0.2, -0.15) is 0 Å². The SMILES string of the molecule is Cn1cccc1C1C(CN2CCN(c3ccc(F)cc3)CC2)c2ccccc2CN1Cc1ccccc1. The summed E-state index contributed by atoms with van der Waals surface area (Å²) in [6, 6.07) is 31.6. The molecule has 2 aliphatic heterocycles. The molecule has 5 heteroatoms. The van der Waals surface area contributed by atoms with Gasteiger partial charge < -0.3 is 9.47 Å². The monoisotopic (exact) mass is 494 g/mol. The fourth-order valence-corrected chi connectivity index (χ4v) is 6.25.